The van der Waals surface area contributed by atoms with Crippen molar-refractivity contribution in [1.82, 2.24) is 15.0 Å². The smallest absolute Gasteiger partial charge is 0.329 e. The molecule has 11 heteroatoms. The molecular formula is C24H22N6O4S. The molecule has 178 valence electrons. The molecule has 2 N–H and O–H groups in total. The Morgan fingerprint density at radius 2 is 1.91 bits per heavy atom. The van der Waals surface area contributed by atoms with Crippen LogP contribution in [-0.4, -0.2) is 57.4 Å². The second kappa shape index (κ2) is 9.63. The lowest BCUT2D eigenvalue weighted by atomic mass is 10.1. The molecule has 0 unspecified atom stereocenters. The molecule has 0 aliphatic carbocycles. The Bertz CT molecular complexity index is 1400. The standard InChI is InChI=1S/C24H22N6O4S/c1-34-16-8-6-15(7-9-16)22(31)21-20(17-4-2-3-5-18(17)26-21)27-23-19(30(32)33)14-25-24(28-23)29-10-12-35-13-11-29/h2-9,14,26H,10-13H2,1H3,(H,25,27,28). The Kier molecular flexibility index (Phi) is 6.23. The number of aromatic amines is 1. The molecule has 35 heavy (non-hydrogen) atoms. The van der Waals surface area contributed by atoms with Gasteiger partial charge in [0.05, 0.1) is 17.7 Å². The van der Waals surface area contributed by atoms with Crippen molar-refractivity contribution in [2.45, 2.75) is 0 Å². The predicted octanol–water partition coefficient (Wildman–Crippen LogP) is 4.40. The van der Waals surface area contributed by atoms with Gasteiger partial charge in [-0.1, -0.05) is 18.2 Å². The van der Waals surface area contributed by atoms with E-state index in [9.17, 15) is 14.9 Å². The van der Waals surface area contributed by atoms with E-state index in [1.807, 2.05) is 40.9 Å². The van der Waals surface area contributed by atoms with E-state index in [1.165, 1.54) is 6.20 Å². The molecule has 0 atom stereocenters. The number of fused-ring (bicyclic) bond motifs is 1. The van der Waals surface area contributed by atoms with Gasteiger partial charge in [-0.15, -0.1) is 0 Å². The third kappa shape index (κ3) is 4.50. The number of ether oxygens (including phenoxy) is 1. The van der Waals surface area contributed by atoms with Crippen molar-refractivity contribution in [3.63, 3.8) is 0 Å². The molecule has 0 radical (unpaired) electrons. The number of carbonyl (C=O) groups is 1. The van der Waals surface area contributed by atoms with Crippen LogP contribution in [0.15, 0.2) is 54.7 Å². The number of anilines is 3. The number of methoxy groups -OCH3 is 1. The SMILES string of the molecule is COc1ccc(C(=O)c2[nH]c3ccccc3c2Nc2nc(N3CCSCC3)ncc2[N+](=O)[O-])cc1. The minimum atomic E-state index is -0.530. The van der Waals surface area contributed by atoms with E-state index in [2.05, 4.69) is 20.3 Å². The topological polar surface area (TPSA) is 126 Å². The number of nitrogens with one attached hydrogen (secondary N) is 2. The molecule has 0 bridgehead atoms. The van der Waals surface area contributed by atoms with Crippen molar-refractivity contribution in [3.8, 4) is 5.75 Å². The van der Waals surface area contributed by atoms with Gasteiger partial charge in [0.2, 0.25) is 17.5 Å². The maximum atomic E-state index is 13.5. The second-order valence-electron chi connectivity index (χ2n) is 7.86. The quantitative estimate of drug-likeness (QED) is 0.220. The van der Waals surface area contributed by atoms with Crippen LogP contribution in [0.5, 0.6) is 5.75 Å². The molecule has 2 aromatic carbocycles. The molecule has 3 heterocycles. The molecule has 4 aromatic rings. The largest absolute Gasteiger partial charge is 0.497 e. The number of nitro groups is 1. The van der Waals surface area contributed by atoms with E-state index in [0.29, 0.717) is 28.3 Å². The number of benzene rings is 2. The summed E-state index contributed by atoms with van der Waals surface area (Å²) < 4.78 is 5.19. The number of H-pyrrole nitrogens is 1. The lowest BCUT2D eigenvalue weighted by Crippen LogP contribution is -2.33. The van der Waals surface area contributed by atoms with Crippen LogP contribution in [0, 0.1) is 10.1 Å². The average Bonchev–Trinajstić information content (AvgIpc) is 3.27. The van der Waals surface area contributed by atoms with Gasteiger partial charge in [0.1, 0.15) is 17.6 Å². The first kappa shape index (κ1) is 22.7. The highest BCUT2D eigenvalue weighted by atomic mass is 32.2. The molecule has 10 nitrogen and oxygen atoms in total. The Morgan fingerprint density at radius 1 is 1.17 bits per heavy atom. The van der Waals surface area contributed by atoms with Crippen LogP contribution in [0.4, 0.5) is 23.1 Å². The van der Waals surface area contributed by atoms with Crippen molar-refractivity contribution in [1.29, 1.82) is 0 Å². The maximum absolute atomic E-state index is 13.5. The van der Waals surface area contributed by atoms with Crippen molar-refractivity contribution in [2.24, 2.45) is 0 Å². The normalized spacial score (nSPS) is 13.6. The minimum Gasteiger partial charge on any atom is -0.497 e. The highest BCUT2D eigenvalue weighted by Crippen LogP contribution is 2.35. The Labute approximate surface area is 204 Å². The number of rotatable bonds is 7. The highest BCUT2D eigenvalue weighted by Gasteiger charge is 2.25. The molecule has 1 fully saturated rings. The van der Waals surface area contributed by atoms with Crippen LogP contribution in [-0.2, 0) is 0 Å². The molecule has 0 saturated carbocycles. The van der Waals surface area contributed by atoms with Gasteiger partial charge < -0.3 is 19.9 Å². The van der Waals surface area contributed by atoms with Crippen molar-refractivity contribution < 1.29 is 14.5 Å². The van der Waals surface area contributed by atoms with Gasteiger partial charge in [0, 0.05) is 41.1 Å². The summed E-state index contributed by atoms with van der Waals surface area (Å²) in [4.78, 5) is 38.6. The Hall–Kier alpha value is -4.12. The summed E-state index contributed by atoms with van der Waals surface area (Å²) in [7, 11) is 1.56. The van der Waals surface area contributed by atoms with E-state index < -0.39 is 4.92 Å². The van der Waals surface area contributed by atoms with Crippen LogP contribution < -0.4 is 15.0 Å². The van der Waals surface area contributed by atoms with Gasteiger partial charge in [0.15, 0.2) is 0 Å². The zero-order chi connectivity index (χ0) is 24.4. The number of carbonyl (C=O) groups excluding carboxylic acids is 1. The van der Waals surface area contributed by atoms with Gasteiger partial charge in [-0.05, 0) is 30.3 Å². The third-order valence-electron chi connectivity index (χ3n) is 5.78. The van der Waals surface area contributed by atoms with Crippen LogP contribution in [0.1, 0.15) is 16.1 Å². The number of nitrogens with zero attached hydrogens (tertiary/aromatic N) is 4. The fraction of sp³-hybridized carbons (Fsp3) is 0.208. The molecule has 1 aliphatic heterocycles. The molecular weight excluding hydrogens is 468 g/mol. The molecule has 0 amide bonds. The predicted molar refractivity (Wildman–Crippen MR) is 136 cm³/mol. The number of hydrogen-bond acceptors (Lipinski definition) is 9. The number of aromatic nitrogens is 3. The van der Waals surface area contributed by atoms with Gasteiger partial charge in [-0.2, -0.15) is 16.7 Å². The Balaban J connectivity index is 1.59. The van der Waals surface area contributed by atoms with Crippen LogP contribution in [0.2, 0.25) is 0 Å². The summed E-state index contributed by atoms with van der Waals surface area (Å²) >= 11 is 1.85. The lowest BCUT2D eigenvalue weighted by Gasteiger charge is -2.26. The summed E-state index contributed by atoms with van der Waals surface area (Å²) in [5.74, 6) is 2.69. The number of hydrogen-bond donors (Lipinski definition) is 2. The fourth-order valence-electron chi connectivity index (χ4n) is 3.95. The van der Waals surface area contributed by atoms with Gasteiger partial charge in [-0.25, -0.2) is 4.98 Å². The highest BCUT2D eigenvalue weighted by molar-refractivity contribution is 7.99. The molecule has 5 rings (SSSR count). The first-order valence-corrected chi connectivity index (χ1v) is 12.1. The van der Waals surface area contributed by atoms with Crippen molar-refractivity contribution in [2.75, 3.05) is 41.9 Å². The molecule has 0 spiro atoms. The number of para-hydroxylation sites is 1. The monoisotopic (exact) mass is 490 g/mol. The van der Waals surface area contributed by atoms with E-state index in [4.69, 9.17) is 4.74 Å². The minimum absolute atomic E-state index is 0.0340. The maximum Gasteiger partial charge on any atom is 0.329 e. The molecule has 1 aliphatic rings. The van der Waals surface area contributed by atoms with Gasteiger partial charge >= 0.3 is 5.69 Å². The van der Waals surface area contributed by atoms with E-state index in [1.54, 1.807) is 31.4 Å². The van der Waals surface area contributed by atoms with Crippen molar-refractivity contribution in [3.05, 3.63) is 76.1 Å². The van der Waals surface area contributed by atoms with E-state index in [-0.39, 0.29) is 23.0 Å². The number of thioether (sulfide) groups is 1. The van der Waals surface area contributed by atoms with E-state index >= 15 is 0 Å². The van der Waals surface area contributed by atoms with Gasteiger partial charge in [0.25, 0.3) is 0 Å². The zero-order valence-corrected chi connectivity index (χ0v) is 19.7. The summed E-state index contributed by atoms with van der Waals surface area (Å²) in [6.07, 6.45) is 1.21. The second-order valence-corrected chi connectivity index (χ2v) is 9.09. The van der Waals surface area contributed by atoms with Gasteiger partial charge in [-0.3, -0.25) is 14.9 Å². The molecule has 1 saturated heterocycles. The lowest BCUT2D eigenvalue weighted by molar-refractivity contribution is -0.384. The Morgan fingerprint density at radius 3 is 2.63 bits per heavy atom. The fourth-order valence-corrected chi connectivity index (χ4v) is 4.86. The third-order valence-corrected chi connectivity index (χ3v) is 6.72. The zero-order valence-electron chi connectivity index (χ0n) is 18.9. The first-order chi connectivity index (χ1) is 17.0. The van der Waals surface area contributed by atoms with Crippen molar-refractivity contribution >= 4 is 51.6 Å². The summed E-state index contributed by atoms with van der Waals surface area (Å²) in [5.41, 5.74) is 1.60. The summed E-state index contributed by atoms with van der Waals surface area (Å²) in [5, 5.41) is 15.6. The van der Waals surface area contributed by atoms with Crippen LogP contribution in [0.25, 0.3) is 10.9 Å². The summed E-state index contributed by atoms with van der Waals surface area (Å²) in [6, 6.07) is 14.2. The first-order valence-electron chi connectivity index (χ1n) is 11.0. The van der Waals surface area contributed by atoms with E-state index in [0.717, 1.165) is 30.1 Å². The summed E-state index contributed by atoms with van der Waals surface area (Å²) in [6.45, 7) is 1.52. The number of ketones is 1. The van der Waals surface area contributed by atoms with Crippen LogP contribution >= 0.6 is 11.8 Å². The van der Waals surface area contributed by atoms with Crippen LogP contribution in [0.3, 0.4) is 0 Å². The average molecular weight is 491 g/mol. The molecule has 2 aromatic heterocycles.